The summed E-state index contributed by atoms with van der Waals surface area (Å²) < 4.78 is 0. The topological polar surface area (TPSA) is 24.9 Å². The Morgan fingerprint density at radius 1 is 1.43 bits per heavy atom. The highest BCUT2D eigenvalue weighted by Gasteiger charge is 2.08. The summed E-state index contributed by atoms with van der Waals surface area (Å²) in [6, 6.07) is 0.609. The molecule has 0 aliphatic rings. The van der Waals surface area contributed by atoms with E-state index >= 15 is 0 Å². The minimum absolute atomic E-state index is 0.609. The van der Waals surface area contributed by atoms with Gasteiger partial charge in [0.25, 0.3) is 0 Å². The summed E-state index contributed by atoms with van der Waals surface area (Å²) in [5, 5.41) is 3.37. The van der Waals surface area contributed by atoms with Gasteiger partial charge in [0.2, 0.25) is 0 Å². The van der Waals surface area contributed by atoms with Crippen molar-refractivity contribution in [2.45, 2.75) is 39.2 Å². The molecule has 0 aliphatic heterocycles. The average Bonchev–Trinajstić information content (AvgIpc) is 2.64. The van der Waals surface area contributed by atoms with E-state index in [2.05, 4.69) is 24.1 Å². The molecule has 0 aliphatic carbocycles. The van der Waals surface area contributed by atoms with Crippen molar-refractivity contribution in [2.24, 2.45) is 5.92 Å². The zero-order valence-electron chi connectivity index (χ0n) is 9.29. The molecule has 1 unspecified atom stereocenters. The predicted octanol–water partition coefficient (Wildman–Crippen LogP) is 2.71. The van der Waals surface area contributed by atoms with Crippen LogP contribution >= 0.6 is 11.3 Å². The maximum absolute atomic E-state index is 4.10. The largest absolute Gasteiger partial charge is 0.317 e. The molecule has 0 bridgehead atoms. The van der Waals surface area contributed by atoms with Crippen molar-refractivity contribution in [3.05, 3.63) is 16.6 Å². The standard InChI is InChI=1S/C11H20N2S/c1-9(2)4-5-10(12-3)6-11-7-13-8-14-11/h7-10,12H,4-6H2,1-3H3. The Bertz CT molecular complexity index is 231. The normalized spacial score (nSPS) is 13.4. The second kappa shape index (κ2) is 6.14. The van der Waals surface area contributed by atoms with Crippen LogP contribution in [-0.4, -0.2) is 18.1 Å². The highest BCUT2D eigenvalue weighted by molar-refractivity contribution is 7.09. The van der Waals surface area contributed by atoms with Crippen LogP contribution in [0.25, 0.3) is 0 Å². The van der Waals surface area contributed by atoms with E-state index in [4.69, 9.17) is 0 Å². The first kappa shape index (κ1) is 11.7. The summed E-state index contributed by atoms with van der Waals surface area (Å²) in [5.74, 6) is 0.798. The number of nitrogens with one attached hydrogen (secondary N) is 1. The third-order valence-electron chi connectivity index (χ3n) is 2.43. The number of rotatable bonds is 6. The number of aromatic nitrogens is 1. The van der Waals surface area contributed by atoms with Gasteiger partial charge in [-0.3, -0.25) is 4.98 Å². The van der Waals surface area contributed by atoms with Crippen molar-refractivity contribution in [1.82, 2.24) is 10.3 Å². The van der Waals surface area contributed by atoms with Crippen LogP contribution in [0.5, 0.6) is 0 Å². The van der Waals surface area contributed by atoms with Crippen LogP contribution in [0.4, 0.5) is 0 Å². The monoisotopic (exact) mass is 212 g/mol. The van der Waals surface area contributed by atoms with E-state index in [9.17, 15) is 0 Å². The Kier molecular flexibility index (Phi) is 5.12. The van der Waals surface area contributed by atoms with Crippen LogP contribution in [0, 0.1) is 5.92 Å². The lowest BCUT2D eigenvalue weighted by Crippen LogP contribution is -2.27. The van der Waals surface area contributed by atoms with Crippen molar-refractivity contribution in [3.63, 3.8) is 0 Å². The second-order valence-corrected chi connectivity index (χ2v) is 5.10. The van der Waals surface area contributed by atoms with Crippen molar-refractivity contribution in [1.29, 1.82) is 0 Å². The summed E-state index contributed by atoms with van der Waals surface area (Å²) in [6.07, 6.45) is 5.65. The summed E-state index contributed by atoms with van der Waals surface area (Å²) >= 11 is 1.75. The van der Waals surface area contributed by atoms with Gasteiger partial charge < -0.3 is 5.32 Å². The van der Waals surface area contributed by atoms with Crippen LogP contribution < -0.4 is 5.32 Å². The SMILES string of the molecule is CNC(CCC(C)C)Cc1cncs1. The minimum atomic E-state index is 0.609. The van der Waals surface area contributed by atoms with Gasteiger partial charge in [0.05, 0.1) is 5.51 Å². The quantitative estimate of drug-likeness (QED) is 0.784. The van der Waals surface area contributed by atoms with Crippen molar-refractivity contribution < 1.29 is 0 Å². The van der Waals surface area contributed by atoms with Crippen LogP contribution in [0.2, 0.25) is 0 Å². The lowest BCUT2D eigenvalue weighted by molar-refractivity contribution is 0.452. The van der Waals surface area contributed by atoms with E-state index < -0.39 is 0 Å². The fourth-order valence-corrected chi connectivity index (χ4v) is 2.15. The molecule has 0 saturated carbocycles. The molecule has 0 saturated heterocycles. The van der Waals surface area contributed by atoms with E-state index in [1.54, 1.807) is 11.3 Å². The zero-order valence-corrected chi connectivity index (χ0v) is 10.1. The number of likely N-dealkylation sites (N-methyl/N-ethyl adjacent to an activating group) is 1. The van der Waals surface area contributed by atoms with Gasteiger partial charge in [-0.1, -0.05) is 13.8 Å². The molecular formula is C11H20N2S. The Morgan fingerprint density at radius 2 is 2.21 bits per heavy atom. The molecule has 0 radical (unpaired) electrons. The van der Waals surface area contributed by atoms with Gasteiger partial charge in [-0.25, -0.2) is 0 Å². The van der Waals surface area contributed by atoms with Crippen molar-refractivity contribution >= 4 is 11.3 Å². The molecule has 0 fully saturated rings. The molecule has 1 aromatic heterocycles. The maximum Gasteiger partial charge on any atom is 0.0794 e. The lowest BCUT2D eigenvalue weighted by atomic mass is 10.0. The first-order chi connectivity index (χ1) is 6.72. The molecule has 1 aromatic rings. The Labute approximate surface area is 90.8 Å². The fraction of sp³-hybridized carbons (Fsp3) is 0.727. The van der Waals surface area contributed by atoms with Gasteiger partial charge in [0.1, 0.15) is 0 Å². The molecule has 1 N–H and O–H groups in total. The molecule has 1 rings (SSSR count). The first-order valence-electron chi connectivity index (χ1n) is 5.27. The Balaban J connectivity index is 2.32. The van der Waals surface area contributed by atoms with E-state index in [0.29, 0.717) is 6.04 Å². The van der Waals surface area contributed by atoms with Gasteiger partial charge in [-0.2, -0.15) is 0 Å². The highest BCUT2D eigenvalue weighted by Crippen LogP contribution is 2.13. The Hall–Kier alpha value is -0.410. The third kappa shape index (κ3) is 4.20. The second-order valence-electron chi connectivity index (χ2n) is 4.13. The fourth-order valence-electron chi connectivity index (χ4n) is 1.47. The molecule has 14 heavy (non-hydrogen) atoms. The van der Waals surface area contributed by atoms with Crippen LogP contribution in [-0.2, 0) is 6.42 Å². The molecule has 0 aromatic carbocycles. The predicted molar refractivity (Wildman–Crippen MR) is 62.7 cm³/mol. The number of hydrogen-bond acceptors (Lipinski definition) is 3. The average molecular weight is 212 g/mol. The number of nitrogens with zero attached hydrogens (tertiary/aromatic N) is 1. The number of hydrogen-bond donors (Lipinski definition) is 1. The van der Waals surface area contributed by atoms with E-state index in [-0.39, 0.29) is 0 Å². The van der Waals surface area contributed by atoms with Gasteiger partial charge in [-0.15, -0.1) is 11.3 Å². The zero-order chi connectivity index (χ0) is 10.4. The smallest absolute Gasteiger partial charge is 0.0794 e. The molecule has 1 heterocycles. The van der Waals surface area contributed by atoms with Crippen molar-refractivity contribution in [2.75, 3.05) is 7.05 Å². The van der Waals surface area contributed by atoms with E-state index in [0.717, 1.165) is 12.3 Å². The molecule has 2 nitrogen and oxygen atoms in total. The summed E-state index contributed by atoms with van der Waals surface area (Å²) in [7, 11) is 2.05. The van der Waals surface area contributed by atoms with Crippen LogP contribution in [0.1, 0.15) is 31.6 Å². The molecule has 3 heteroatoms. The maximum atomic E-state index is 4.10. The first-order valence-corrected chi connectivity index (χ1v) is 6.15. The summed E-state index contributed by atoms with van der Waals surface area (Å²) in [6.45, 7) is 4.55. The van der Waals surface area contributed by atoms with Crippen LogP contribution in [0.15, 0.2) is 11.7 Å². The molecule has 1 atom stereocenters. The van der Waals surface area contributed by atoms with Gasteiger partial charge in [-0.05, 0) is 32.2 Å². The van der Waals surface area contributed by atoms with E-state index in [1.807, 2.05) is 18.8 Å². The minimum Gasteiger partial charge on any atom is -0.317 e. The molecular weight excluding hydrogens is 192 g/mol. The molecule has 80 valence electrons. The summed E-state index contributed by atoms with van der Waals surface area (Å²) in [4.78, 5) is 5.48. The lowest BCUT2D eigenvalue weighted by Gasteiger charge is -2.16. The highest BCUT2D eigenvalue weighted by atomic mass is 32.1. The van der Waals surface area contributed by atoms with Crippen molar-refractivity contribution in [3.8, 4) is 0 Å². The Morgan fingerprint density at radius 3 is 2.71 bits per heavy atom. The summed E-state index contributed by atoms with van der Waals surface area (Å²) in [5.41, 5.74) is 1.91. The number of thiazole rings is 1. The van der Waals surface area contributed by atoms with Crippen LogP contribution in [0.3, 0.4) is 0 Å². The van der Waals surface area contributed by atoms with E-state index in [1.165, 1.54) is 17.7 Å². The van der Waals surface area contributed by atoms with Gasteiger partial charge in [0, 0.05) is 17.1 Å². The molecule has 0 amide bonds. The molecule has 0 spiro atoms. The van der Waals surface area contributed by atoms with Gasteiger partial charge in [0.15, 0.2) is 0 Å². The van der Waals surface area contributed by atoms with Gasteiger partial charge >= 0.3 is 0 Å². The third-order valence-corrected chi connectivity index (χ3v) is 3.23.